The van der Waals surface area contributed by atoms with Gasteiger partial charge in [-0.1, -0.05) is 0 Å². The summed E-state index contributed by atoms with van der Waals surface area (Å²) in [4.78, 5) is 21.0. The van der Waals surface area contributed by atoms with Crippen molar-refractivity contribution < 1.29 is 27.4 Å². The van der Waals surface area contributed by atoms with E-state index in [1.807, 2.05) is 0 Å². The lowest BCUT2D eigenvalue weighted by molar-refractivity contribution is -0.136. The van der Waals surface area contributed by atoms with Gasteiger partial charge in [0.05, 0.1) is 24.2 Å². The standard InChI is InChI=1S/C23H25F3N4O3/c24-23(25,26)18-15-28-22-21(18)19(8-9-27-22)33-17-6-4-16(5-7-17)29-20(31)3-1-2-10-30-11-13-32-14-12-30/h4-9,15H,1-3,10-14H2,(H,27,28)(H,29,31). The van der Waals surface area contributed by atoms with E-state index in [-0.39, 0.29) is 22.7 Å². The molecular formula is C23H25F3N4O3. The van der Waals surface area contributed by atoms with Gasteiger partial charge in [-0.15, -0.1) is 0 Å². The predicted octanol–water partition coefficient (Wildman–Crippen LogP) is 4.82. The molecule has 4 rings (SSSR count). The van der Waals surface area contributed by atoms with Crippen LogP contribution in [0.2, 0.25) is 0 Å². The SMILES string of the molecule is O=C(CCCCN1CCOCC1)Nc1ccc(Oc2ccnc3[nH]cc(C(F)(F)F)c23)cc1. The highest BCUT2D eigenvalue weighted by atomic mass is 19.4. The Bertz CT molecular complexity index is 1080. The second kappa shape index (κ2) is 10.2. The van der Waals surface area contributed by atoms with Crippen molar-refractivity contribution in [1.82, 2.24) is 14.9 Å². The Labute approximate surface area is 188 Å². The third-order valence-corrected chi connectivity index (χ3v) is 5.44. The molecule has 0 spiro atoms. The number of carbonyl (C=O) groups excluding carboxylic acids is 1. The number of hydrogen-bond acceptors (Lipinski definition) is 5. The van der Waals surface area contributed by atoms with Gasteiger partial charge in [0.25, 0.3) is 0 Å². The van der Waals surface area contributed by atoms with Gasteiger partial charge in [0.1, 0.15) is 17.1 Å². The lowest BCUT2D eigenvalue weighted by Crippen LogP contribution is -2.36. The van der Waals surface area contributed by atoms with Crippen molar-refractivity contribution in [3.63, 3.8) is 0 Å². The molecule has 10 heteroatoms. The van der Waals surface area contributed by atoms with E-state index in [0.29, 0.717) is 17.9 Å². The number of ether oxygens (including phenoxy) is 2. The van der Waals surface area contributed by atoms with Gasteiger partial charge in [-0.3, -0.25) is 9.69 Å². The number of unbranched alkanes of at least 4 members (excludes halogenated alkanes) is 1. The second-order valence-electron chi connectivity index (χ2n) is 7.82. The van der Waals surface area contributed by atoms with E-state index >= 15 is 0 Å². The maximum Gasteiger partial charge on any atom is 0.418 e. The van der Waals surface area contributed by atoms with Crippen molar-refractivity contribution in [3.05, 3.63) is 48.3 Å². The minimum Gasteiger partial charge on any atom is -0.457 e. The average molecular weight is 462 g/mol. The van der Waals surface area contributed by atoms with Crippen LogP contribution in [-0.2, 0) is 15.7 Å². The van der Waals surface area contributed by atoms with Crippen LogP contribution in [0, 0.1) is 0 Å². The molecule has 0 saturated carbocycles. The molecule has 0 radical (unpaired) electrons. The Morgan fingerprint density at radius 3 is 2.64 bits per heavy atom. The van der Waals surface area contributed by atoms with Crippen LogP contribution in [0.25, 0.3) is 11.0 Å². The maximum atomic E-state index is 13.3. The number of fused-ring (bicyclic) bond motifs is 1. The Morgan fingerprint density at radius 2 is 1.91 bits per heavy atom. The summed E-state index contributed by atoms with van der Waals surface area (Å²) in [5.74, 6) is 0.314. The van der Waals surface area contributed by atoms with Crippen molar-refractivity contribution >= 4 is 22.6 Å². The summed E-state index contributed by atoms with van der Waals surface area (Å²) in [5.41, 5.74) is -0.145. The van der Waals surface area contributed by atoms with Gasteiger partial charge < -0.3 is 19.8 Å². The van der Waals surface area contributed by atoms with E-state index in [1.165, 1.54) is 12.3 Å². The zero-order valence-electron chi connectivity index (χ0n) is 18.0. The van der Waals surface area contributed by atoms with Crippen molar-refractivity contribution in [3.8, 4) is 11.5 Å². The maximum absolute atomic E-state index is 13.3. The van der Waals surface area contributed by atoms with Crippen LogP contribution in [0.5, 0.6) is 11.5 Å². The number of alkyl halides is 3. The van der Waals surface area contributed by atoms with Gasteiger partial charge in [-0.25, -0.2) is 4.98 Å². The molecule has 33 heavy (non-hydrogen) atoms. The van der Waals surface area contributed by atoms with E-state index < -0.39 is 11.7 Å². The highest BCUT2D eigenvalue weighted by Crippen LogP contribution is 2.39. The summed E-state index contributed by atoms with van der Waals surface area (Å²) in [6, 6.07) is 7.89. The van der Waals surface area contributed by atoms with Crippen LogP contribution in [0.3, 0.4) is 0 Å². The highest BCUT2D eigenvalue weighted by molar-refractivity contribution is 5.90. The molecule has 1 fully saturated rings. The molecular weight excluding hydrogens is 437 g/mol. The topological polar surface area (TPSA) is 79.5 Å². The number of morpholine rings is 1. The fourth-order valence-corrected chi connectivity index (χ4v) is 3.74. The average Bonchev–Trinajstić information content (AvgIpc) is 3.25. The number of pyridine rings is 1. The number of aromatic nitrogens is 2. The number of aromatic amines is 1. The molecule has 0 bridgehead atoms. The minimum atomic E-state index is -4.53. The van der Waals surface area contributed by atoms with Crippen LogP contribution in [0.1, 0.15) is 24.8 Å². The molecule has 1 amide bonds. The zero-order valence-corrected chi connectivity index (χ0v) is 18.0. The first-order valence-corrected chi connectivity index (χ1v) is 10.8. The number of nitrogens with zero attached hydrogens (tertiary/aromatic N) is 2. The molecule has 1 aromatic carbocycles. The van der Waals surface area contributed by atoms with Gasteiger partial charge in [0, 0.05) is 37.6 Å². The third kappa shape index (κ3) is 6.02. The summed E-state index contributed by atoms with van der Waals surface area (Å²) >= 11 is 0. The molecule has 0 atom stereocenters. The van der Waals surface area contributed by atoms with Gasteiger partial charge >= 0.3 is 6.18 Å². The molecule has 0 unspecified atom stereocenters. The quantitative estimate of drug-likeness (QED) is 0.470. The highest BCUT2D eigenvalue weighted by Gasteiger charge is 2.35. The molecule has 3 aromatic rings. The molecule has 2 aromatic heterocycles. The van der Waals surface area contributed by atoms with Crippen molar-refractivity contribution in [2.24, 2.45) is 0 Å². The van der Waals surface area contributed by atoms with Crippen molar-refractivity contribution in [2.45, 2.75) is 25.4 Å². The number of rotatable bonds is 8. The number of halogens is 3. The number of benzene rings is 1. The normalized spacial score (nSPS) is 15.0. The van der Waals surface area contributed by atoms with Gasteiger partial charge in [-0.2, -0.15) is 13.2 Å². The first-order valence-electron chi connectivity index (χ1n) is 10.8. The van der Waals surface area contributed by atoms with Crippen LogP contribution >= 0.6 is 0 Å². The summed E-state index contributed by atoms with van der Waals surface area (Å²) in [7, 11) is 0. The molecule has 7 nitrogen and oxygen atoms in total. The Hall–Kier alpha value is -3.11. The van der Waals surface area contributed by atoms with Gasteiger partial charge in [-0.05, 0) is 49.7 Å². The van der Waals surface area contributed by atoms with Crippen LogP contribution in [0.15, 0.2) is 42.7 Å². The number of nitrogens with one attached hydrogen (secondary N) is 2. The second-order valence-corrected chi connectivity index (χ2v) is 7.82. The van der Waals surface area contributed by atoms with Crippen LogP contribution in [0.4, 0.5) is 18.9 Å². The fourth-order valence-electron chi connectivity index (χ4n) is 3.74. The Kier molecular flexibility index (Phi) is 7.14. The van der Waals surface area contributed by atoms with Gasteiger partial charge in [0.2, 0.25) is 5.91 Å². The number of carbonyl (C=O) groups is 1. The molecule has 3 heterocycles. The molecule has 1 aliphatic heterocycles. The summed E-state index contributed by atoms with van der Waals surface area (Å²) in [6.45, 7) is 4.37. The Balaban J connectivity index is 1.30. The molecule has 2 N–H and O–H groups in total. The van der Waals surface area contributed by atoms with Crippen molar-refractivity contribution in [1.29, 1.82) is 0 Å². The smallest absolute Gasteiger partial charge is 0.418 e. The number of amides is 1. The van der Waals surface area contributed by atoms with Crippen LogP contribution < -0.4 is 10.1 Å². The zero-order chi connectivity index (χ0) is 23.3. The molecule has 176 valence electrons. The lowest BCUT2D eigenvalue weighted by Gasteiger charge is -2.26. The van der Waals surface area contributed by atoms with E-state index in [9.17, 15) is 18.0 Å². The Morgan fingerprint density at radius 1 is 1.15 bits per heavy atom. The summed E-state index contributed by atoms with van der Waals surface area (Å²) < 4.78 is 50.9. The molecule has 0 aliphatic carbocycles. The fraction of sp³-hybridized carbons (Fsp3) is 0.391. The van der Waals surface area contributed by atoms with E-state index in [1.54, 1.807) is 24.3 Å². The molecule has 1 aliphatic rings. The van der Waals surface area contributed by atoms with Crippen LogP contribution in [-0.4, -0.2) is 53.6 Å². The monoisotopic (exact) mass is 462 g/mol. The number of hydrogen-bond donors (Lipinski definition) is 2. The molecule has 1 saturated heterocycles. The summed E-state index contributed by atoms with van der Waals surface area (Å²) in [5, 5.41) is 2.71. The van der Waals surface area contributed by atoms with E-state index in [0.717, 1.165) is 51.9 Å². The minimum absolute atomic E-state index is 0.0469. The largest absolute Gasteiger partial charge is 0.457 e. The lowest BCUT2D eigenvalue weighted by atomic mass is 10.2. The third-order valence-electron chi connectivity index (χ3n) is 5.44. The predicted molar refractivity (Wildman–Crippen MR) is 117 cm³/mol. The van der Waals surface area contributed by atoms with E-state index in [4.69, 9.17) is 9.47 Å². The summed E-state index contributed by atoms with van der Waals surface area (Å²) in [6.07, 6.45) is -0.118. The first-order chi connectivity index (χ1) is 15.9. The van der Waals surface area contributed by atoms with Crippen molar-refractivity contribution in [2.75, 3.05) is 38.2 Å². The van der Waals surface area contributed by atoms with Gasteiger partial charge in [0.15, 0.2) is 0 Å². The number of anilines is 1. The first kappa shape index (κ1) is 23.1. The number of H-pyrrole nitrogens is 1. The van der Waals surface area contributed by atoms with E-state index in [2.05, 4.69) is 20.2 Å².